The molecule has 0 spiro atoms. The third kappa shape index (κ3) is 3.37. The van der Waals surface area contributed by atoms with E-state index >= 15 is 0 Å². The van der Waals surface area contributed by atoms with Crippen LogP contribution in [-0.2, 0) is 10.1 Å². The summed E-state index contributed by atoms with van der Waals surface area (Å²) in [7, 11) is -4.46. The summed E-state index contributed by atoms with van der Waals surface area (Å²) in [6, 6.07) is 11.9. The molecular weight excluding hydrogens is 344 g/mol. The van der Waals surface area contributed by atoms with E-state index in [1.807, 2.05) is 0 Å². The van der Waals surface area contributed by atoms with E-state index in [0.717, 1.165) is 6.07 Å². The molecule has 128 valence electrons. The van der Waals surface area contributed by atoms with Crippen LogP contribution in [0.3, 0.4) is 0 Å². The normalized spacial score (nSPS) is 12.0. The van der Waals surface area contributed by atoms with Crippen LogP contribution in [0.15, 0.2) is 63.7 Å². The molecule has 0 saturated heterocycles. The average molecular weight is 358 g/mol. The van der Waals surface area contributed by atoms with Gasteiger partial charge in [-0.1, -0.05) is 12.1 Å². The molecule has 0 aliphatic heterocycles. The fraction of sp³-hybridized carbons (Fsp3) is 0. The Morgan fingerprint density at radius 1 is 0.960 bits per heavy atom. The van der Waals surface area contributed by atoms with Gasteiger partial charge in [-0.15, -0.1) is 5.11 Å². The summed E-state index contributed by atoms with van der Waals surface area (Å²) in [6.45, 7) is 0. The van der Waals surface area contributed by atoms with E-state index < -0.39 is 15.0 Å². The predicted molar refractivity (Wildman–Crippen MR) is 94.9 cm³/mol. The molecule has 0 bridgehead atoms. The molecule has 0 unspecified atom stereocenters. The van der Waals surface area contributed by atoms with Crippen LogP contribution in [0.1, 0.15) is 0 Å². The average Bonchev–Trinajstić information content (AvgIpc) is 2.53. The molecule has 0 aromatic heterocycles. The first-order valence-electron chi connectivity index (χ1n) is 7.05. The zero-order valence-electron chi connectivity index (χ0n) is 12.8. The number of nitrogens with zero attached hydrogens (tertiary/aromatic N) is 2. The van der Waals surface area contributed by atoms with E-state index in [-0.39, 0.29) is 22.5 Å². The quantitative estimate of drug-likeness (QED) is 0.320. The lowest BCUT2D eigenvalue weighted by Crippen LogP contribution is -1.98. The van der Waals surface area contributed by atoms with Crippen molar-refractivity contribution in [1.82, 2.24) is 0 Å². The predicted octanol–water partition coefficient (Wildman–Crippen LogP) is 3.37. The first kappa shape index (κ1) is 16.7. The number of hydrogen-bond donors (Lipinski definition) is 4. The van der Waals surface area contributed by atoms with Crippen molar-refractivity contribution in [2.45, 2.75) is 4.90 Å². The molecule has 3 rings (SSSR count). The van der Waals surface area contributed by atoms with E-state index in [1.54, 1.807) is 24.3 Å². The van der Waals surface area contributed by atoms with Gasteiger partial charge in [0, 0.05) is 11.8 Å². The van der Waals surface area contributed by atoms with Crippen molar-refractivity contribution in [1.29, 1.82) is 0 Å². The number of benzene rings is 3. The topological polar surface area (TPSA) is 151 Å². The highest BCUT2D eigenvalue weighted by Gasteiger charge is 2.16. The Morgan fingerprint density at radius 2 is 1.72 bits per heavy atom. The van der Waals surface area contributed by atoms with Crippen LogP contribution in [-0.4, -0.2) is 18.1 Å². The molecule has 6 N–H and O–H groups in total. The van der Waals surface area contributed by atoms with Crippen LogP contribution in [0.5, 0.6) is 5.75 Å². The molecular formula is C16H14N4O4S. The van der Waals surface area contributed by atoms with Gasteiger partial charge in [0.05, 0.1) is 21.7 Å². The van der Waals surface area contributed by atoms with Crippen molar-refractivity contribution in [3.8, 4) is 5.75 Å². The van der Waals surface area contributed by atoms with Crippen molar-refractivity contribution < 1.29 is 18.1 Å². The van der Waals surface area contributed by atoms with Crippen LogP contribution < -0.4 is 11.5 Å². The highest BCUT2D eigenvalue weighted by atomic mass is 32.2. The van der Waals surface area contributed by atoms with Gasteiger partial charge in [-0.05, 0) is 35.7 Å². The zero-order valence-corrected chi connectivity index (χ0v) is 13.6. The lowest BCUT2D eigenvalue weighted by molar-refractivity contribution is 0.471. The van der Waals surface area contributed by atoms with Crippen molar-refractivity contribution in [2.24, 2.45) is 10.2 Å². The van der Waals surface area contributed by atoms with E-state index in [0.29, 0.717) is 16.8 Å². The minimum Gasteiger partial charge on any atom is -0.507 e. The zero-order chi connectivity index (χ0) is 18.2. The van der Waals surface area contributed by atoms with Crippen molar-refractivity contribution in [3.63, 3.8) is 0 Å². The minimum atomic E-state index is -4.46. The molecule has 0 heterocycles. The lowest BCUT2D eigenvalue weighted by Gasteiger charge is -2.08. The van der Waals surface area contributed by atoms with Gasteiger partial charge >= 0.3 is 0 Å². The van der Waals surface area contributed by atoms with Gasteiger partial charge in [-0.3, -0.25) is 4.55 Å². The number of phenolic OH excluding ortho intramolecular Hbond substituents is 1. The number of fused-ring (bicyclic) bond motifs is 1. The second-order valence-electron chi connectivity index (χ2n) is 5.31. The third-order valence-electron chi connectivity index (χ3n) is 3.51. The highest BCUT2D eigenvalue weighted by molar-refractivity contribution is 7.85. The van der Waals surface area contributed by atoms with Gasteiger partial charge in [0.25, 0.3) is 10.1 Å². The standard InChI is InChI=1S/C16H14N4O4S/c17-10-2-1-3-11(7-10)19-20-16-13(18)5-4-9-6-12(25(22,23)24)8-14(21)15(9)16/h1-8,21H,17-18H2,(H,22,23,24). The van der Waals surface area contributed by atoms with Crippen molar-refractivity contribution >= 4 is 43.6 Å². The molecule has 0 fully saturated rings. The third-order valence-corrected chi connectivity index (χ3v) is 4.34. The summed E-state index contributed by atoms with van der Waals surface area (Å²) in [5.41, 5.74) is 13.0. The summed E-state index contributed by atoms with van der Waals surface area (Å²) < 4.78 is 31.7. The van der Waals surface area contributed by atoms with Crippen molar-refractivity contribution in [3.05, 3.63) is 48.5 Å². The first-order chi connectivity index (χ1) is 11.8. The number of nitrogen functional groups attached to an aromatic ring is 2. The van der Waals surface area contributed by atoms with Crippen LogP contribution in [0.4, 0.5) is 22.7 Å². The number of aromatic hydroxyl groups is 1. The maximum atomic E-state index is 11.3. The number of hydrogen-bond acceptors (Lipinski definition) is 7. The van der Waals surface area contributed by atoms with Gasteiger partial charge in [0.1, 0.15) is 11.4 Å². The monoisotopic (exact) mass is 358 g/mol. The first-order valence-corrected chi connectivity index (χ1v) is 8.50. The van der Waals surface area contributed by atoms with Crippen LogP contribution in [0.25, 0.3) is 10.8 Å². The summed E-state index contributed by atoms with van der Waals surface area (Å²) in [5, 5.41) is 18.9. The van der Waals surface area contributed by atoms with Gasteiger partial charge in [-0.25, -0.2) is 0 Å². The Bertz CT molecular complexity index is 1110. The van der Waals surface area contributed by atoms with Crippen LogP contribution in [0.2, 0.25) is 0 Å². The number of anilines is 2. The summed E-state index contributed by atoms with van der Waals surface area (Å²) in [5.74, 6) is -0.390. The lowest BCUT2D eigenvalue weighted by atomic mass is 10.1. The smallest absolute Gasteiger partial charge is 0.294 e. The van der Waals surface area contributed by atoms with E-state index in [9.17, 15) is 13.5 Å². The fourth-order valence-corrected chi connectivity index (χ4v) is 2.90. The maximum Gasteiger partial charge on any atom is 0.294 e. The van der Waals surface area contributed by atoms with Gasteiger partial charge < -0.3 is 16.6 Å². The molecule has 8 nitrogen and oxygen atoms in total. The highest BCUT2D eigenvalue weighted by Crippen LogP contribution is 2.40. The molecule has 3 aromatic carbocycles. The Hall–Kier alpha value is -3.17. The Balaban J connectivity index is 2.19. The van der Waals surface area contributed by atoms with Crippen LogP contribution in [0, 0.1) is 0 Å². The van der Waals surface area contributed by atoms with Crippen LogP contribution >= 0.6 is 0 Å². The second kappa shape index (κ2) is 6.04. The minimum absolute atomic E-state index is 0.180. The molecule has 0 aliphatic rings. The molecule has 25 heavy (non-hydrogen) atoms. The van der Waals surface area contributed by atoms with E-state index in [1.165, 1.54) is 18.2 Å². The van der Waals surface area contributed by atoms with E-state index in [2.05, 4.69) is 10.2 Å². The van der Waals surface area contributed by atoms with Gasteiger partial charge in [0.2, 0.25) is 0 Å². The Morgan fingerprint density at radius 3 is 2.40 bits per heavy atom. The summed E-state index contributed by atoms with van der Waals surface area (Å²) in [6.07, 6.45) is 0. The second-order valence-corrected chi connectivity index (χ2v) is 6.74. The van der Waals surface area contributed by atoms with E-state index in [4.69, 9.17) is 16.0 Å². The number of rotatable bonds is 3. The Kier molecular flexibility index (Phi) is 4.03. The fourth-order valence-electron chi connectivity index (χ4n) is 2.37. The maximum absolute atomic E-state index is 11.3. The number of nitrogens with two attached hydrogens (primary N) is 2. The molecule has 9 heteroatoms. The molecule has 0 aliphatic carbocycles. The largest absolute Gasteiger partial charge is 0.507 e. The number of phenols is 1. The van der Waals surface area contributed by atoms with Gasteiger partial charge in [0.15, 0.2) is 0 Å². The molecule has 3 aromatic rings. The molecule has 0 atom stereocenters. The Labute approximate surface area is 143 Å². The summed E-state index contributed by atoms with van der Waals surface area (Å²) in [4.78, 5) is -0.430. The number of azo groups is 1. The SMILES string of the molecule is Nc1cccc(N=Nc2c(N)ccc3cc(S(=O)(=O)O)cc(O)c23)c1. The van der Waals surface area contributed by atoms with Crippen molar-refractivity contribution in [2.75, 3.05) is 11.5 Å². The molecule has 0 amide bonds. The molecule has 0 radical (unpaired) electrons. The molecule has 0 saturated carbocycles. The van der Waals surface area contributed by atoms with Gasteiger partial charge in [-0.2, -0.15) is 13.5 Å². The summed E-state index contributed by atoms with van der Waals surface area (Å²) >= 11 is 0.